The van der Waals surface area contributed by atoms with Gasteiger partial charge in [0.25, 0.3) is 0 Å². The Kier molecular flexibility index (Phi) is 6.02. The maximum absolute atomic E-state index is 12.3. The quantitative estimate of drug-likeness (QED) is 0.481. The minimum atomic E-state index is -0.0987. The summed E-state index contributed by atoms with van der Waals surface area (Å²) in [5.41, 5.74) is 3.69. The molecule has 29 heavy (non-hydrogen) atoms. The summed E-state index contributed by atoms with van der Waals surface area (Å²) < 4.78 is 6.83. The number of hydrogen-bond acceptors (Lipinski definition) is 6. The van der Waals surface area contributed by atoms with Gasteiger partial charge in [0, 0.05) is 30.0 Å². The van der Waals surface area contributed by atoms with E-state index in [4.69, 9.17) is 10.6 Å². The van der Waals surface area contributed by atoms with Gasteiger partial charge < -0.3 is 20.8 Å². The summed E-state index contributed by atoms with van der Waals surface area (Å²) in [5, 5.41) is 3.52. The zero-order chi connectivity index (χ0) is 20.1. The van der Waals surface area contributed by atoms with E-state index in [9.17, 15) is 4.79 Å². The Bertz CT molecular complexity index is 953. The van der Waals surface area contributed by atoms with E-state index in [1.807, 2.05) is 54.6 Å². The number of amides is 1. The van der Waals surface area contributed by atoms with Gasteiger partial charge in [-0.05, 0) is 24.3 Å². The number of aromatic nitrogens is 2. The smallest absolute Gasteiger partial charge is 0.234 e. The Hall–Kier alpha value is -2.97. The van der Waals surface area contributed by atoms with Crippen LogP contribution in [0.25, 0.3) is 11.3 Å². The zero-order valence-electron chi connectivity index (χ0n) is 16.0. The van der Waals surface area contributed by atoms with Crippen molar-refractivity contribution in [1.82, 2.24) is 9.66 Å². The van der Waals surface area contributed by atoms with E-state index < -0.39 is 0 Å². The molecular weight excluding hydrogens is 386 g/mol. The van der Waals surface area contributed by atoms with Crippen molar-refractivity contribution in [3.63, 3.8) is 0 Å². The number of nitrogens with two attached hydrogens (primary N) is 1. The molecule has 0 atom stereocenters. The van der Waals surface area contributed by atoms with E-state index in [-0.39, 0.29) is 11.7 Å². The Morgan fingerprint density at radius 2 is 1.83 bits per heavy atom. The molecule has 0 saturated carbocycles. The van der Waals surface area contributed by atoms with Gasteiger partial charge in [0.1, 0.15) is 0 Å². The van der Waals surface area contributed by atoms with Crippen molar-refractivity contribution in [2.45, 2.75) is 5.16 Å². The van der Waals surface area contributed by atoms with Crippen LogP contribution in [0, 0.1) is 0 Å². The first kappa shape index (κ1) is 19.4. The number of rotatable bonds is 6. The van der Waals surface area contributed by atoms with Crippen LogP contribution in [-0.2, 0) is 9.53 Å². The van der Waals surface area contributed by atoms with E-state index in [0.29, 0.717) is 5.16 Å². The maximum atomic E-state index is 12.3. The van der Waals surface area contributed by atoms with Crippen molar-refractivity contribution in [3.05, 3.63) is 60.8 Å². The van der Waals surface area contributed by atoms with E-state index in [1.165, 1.54) is 16.4 Å². The molecule has 2 aromatic carbocycles. The predicted molar refractivity (Wildman–Crippen MR) is 117 cm³/mol. The second kappa shape index (κ2) is 9.02. The molecule has 1 saturated heterocycles. The van der Waals surface area contributed by atoms with Crippen LogP contribution in [0.3, 0.4) is 0 Å². The number of ether oxygens (including phenoxy) is 1. The number of carbonyl (C=O) groups excluding carboxylic acids is 1. The van der Waals surface area contributed by atoms with E-state index >= 15 is 0 Å². The highest BCUT2D eigenvalue weighted by Gasteiger charge is 2.13. The monoisotopic (exact) mass is 409 g/mol. The average molecular weight is 410 g/mol. The SMILES string of the molecule is Nn1cc(-c2ccccc2)nc1SCC(=O)Nc1ccc(N2CCOCC2)cc1. The van der Waals surface area contributed by atoms with Gasteiger partial charge >= 0.3 is 0 Å². The fourth-order valence-electron chi connectivity index (χ4n) is 3.14. The normalized spacial score (nSPS) is 14.0. The third-order valence-electron chi connectivity index (χ3n) is 4.63. The van der Waals surface area contributed by atoms with Gasteiger partial charge in [-0.2, -0.15) is 0 Å². The lowest BCUT2D eigenvalue weighted by Crippen LogP contribution is -2.36. The van der Waals surface area contributed by atoms with E-state index in [1.54, 1.807) is 6.20 Å². The molecule has 0 bridgehead atoms. The van der Waals surface area contributed by atoms with Crippen LogP contribution in [0.15, 0.2) is 66.0 Å². The Balaban J connectivity index is 1.32. The van der Waals surface area contributed by atoms with Crippen molar-refractivity contribution < 1.29 is 9.53 Å². The molecule has 8 heteroatoms. The fraction of sp³-hybridized carbons (Fsp3) is 0.238. The van der Waals surface area contributed by atoms with Crippen LogP contribution in [0.4, 0.5) is 11.4 Å². The molecular formula is C21H23N5O2S. The standard InChI is InChI=1S/C21H23N5O2S/c22-26-14-19(16-4-2-1-3-5-16)24-21(26)29-15-20(27)23-17-6-8-18(9-7-17)25-10-12-28-13-11-25/h1-9,14H,10-13,15,22H2,(H,23,27). The first-order chi connectivity index (χ1) is 14.2. The van der Waals surface area contributed by atoms with Gasteiger partial charge in [-0.25, -0.2) is 9.66 Å². The summed E-state index contributed by atoms with van der Waals surface area (Å²) in [6.45, 7) is 3.27. The molecule has 4 rings (SSSR count). The molecule has 3 aromatic rings. The van der Waals surface area contributed by atoms with Gasteiger partial charge in [-0.15, -0.1) is 0 Å². The van der Waals surface area contributed by atoms with Crippen molar-refractivity contribution in [2.75, 3.05) is 48.1 Å². The summed E-state index contributed by atoms with van der Waals surface area (Å²) in [7, 11) is 0. The first-order valence-electron chi connectivity index (χ1n) is 9.44. The number of nitrogens with zero attached hydrogens (tertiary/aromatic N) is 3. The molecule has 1 amide bonds. The zero-order valence-corrected chi connectivity index (χ0v) is 16.8. The second-order valence-electron chi connectivity index (χ2n) is 6.67. The minimum Gasteiger partial charge on any atom is -0.378 e. The highest BCUT2D eigenvalue weighted by atomic mass is 32.2. The molecule has 1 aromatic heterocycles. The topological polar surface area (TPSA) is 85.4 Å². The fourth-order valence-corrected chi connectivity index (χ4v) is 3.83. The summed E-state index contributed by atoms with van der Waals surface area (Å²) in [6.07, 6.45) is 1.76. The highest BCUT2D eigenvalue weighted by Crippen LogP contribution is 2.23. The average Bonchev–Trinajstić information content (AvgIpc) is 3.15. The van der Waals surface area contributed by atoms with Gasteiger partial charge in [0.15, 0.2) is 5.16 Å². The van der Waals surface area contributed by atoms with Crippen LogP contribution in [0.1, 0.15) is 0 Å². The van der Waals surface area contributed by atoms with Crippen LogP contribution in [0.2, 0.25) is 0 Å². The van der Waals surface area contributed by atoms with Gasteiger partial charge in [0.05, 0.1) is 30.9 Å². The number of imidazole rings is 1. The molecule has 1 aliphatic rings. The molecule has 0 spiro atoms. The van der Waals surface area contributed by atoms with Crippen LogP contribution in [0.5, 0.6) is 0 Å². The predicted octanol–water partition coefficient (Wildman–Crippen LogP) is 2.83. The third-order valence-corrected chi connectivity index (χ3v) is 5.59. The third kappa shape index (κ3) is 4.90. The molecule has 7 nitrogen and oxygen atoms in total. The van der Waals surface area contributed by atoms with Crippen molar-refractivity contribution in [1.29, 1.82) is 0 Å². The lowest BCUT2D eigenvalue weighted by atomic mass is 10.2. The molecule has 150 valence electrons. The Labute approximate surface area is 173 Å². The Morgan fingerprint density at radius 3 is 2.55 bits per heavy atom. The minimum absolute atomic E-state index is 0.0987. The van der Waals surface area contributed by atoms with E-state index in [0.717, 1.165) is 48.9 Å². The molecule has 1 aliphatic heterocycles. The van der Waals surface area contributed by atoms with Gasteiger partial charge in [-0.3, -0.25) is 4.79 Å². The van der Waals surface area contributed by atoms with Crippen molar-refractivity contribution in [3.8, 4) is 11.3 Å². The van der Waals surface area contributed by atoms with Crippen molar-refractivity contribution >= 4 is 29.0 Å². The van der Waals surface area contributed by atoms with Crippen LogP contribution in [-0.4, -0.2) is 47.6 Å². The molecule has 2 heterocycles. The number of hydrogen-bond donors (Lipinski definition) is 2. The second-order valence-corrected chi connectivity index (χ2v) is 7.61. The van der Waals surface area contributed by atoms with Crippen molar-refractivity contribution in [2.24, 2.45) is 0 Å². The summed E-state index contributed by atoms with van der Waals surface area (Å²) in [6, 6.07) is 17.7. The van der Waals surface area contributed by atoms with Crippen LogP contribution < -0.4 is 16.1 Å². The number of thioether (sulfide) groups is 1. The largest absolute Gasteiger partial charge is 0.378 e. The Morgan fingerprint density at radius 1 is 1.10 bits per heavy atom. The molecule has 0 aliphatic carbocycles. The molecule has 0 unspecified atom stereocenters. The lowest BCUT2D eigenvalue weighted by Gasteiger charge is -2.28. The highest BCUT2D eigenvalue weighted by molar-refractivity contribution is 7.99. The van der Waals surface area contributed by atoms with E-state index in [2.05, 4.69) is 15.2 Å². The summed E-state index contributed by atoms with van der Waals surface area (Å²) in [5.74, 6) is 6.12. The lowest BCUT2D eigenvalue weighted by molar-refractivity contribution is -0.113. The summed E-state index contributed by atoms with van der Waals surface area (Å²) >= 11 is 1.31. The summed E-state index contributed by atoms with van der Waals surface area (Å²) in [4.78, 5) is 19.1. The molecule has 0 radical (unpaired) electrons. The van der Waals surface area contributed by atoms with Gasteiger partial charge in [0.2, 0.25) is 5.91 Å². The molecule has 1 fully saturated rings. The maximum Gasteiger partial charge on any atom is 0.234 e. The first-order valence-corrected chi connectivity index (χ1v) is 10.4. The number of benzene rings is 2. The number of carbonyl (C=O) groups is 1. The number of nitrogens with one attached hydrogen (secondary N) is 1. The number of nitrogen functional groups attached to an aromatic ring is 1. The van der Waals surface area contributed by atoms with Gasteiger partial charge in [-0.1, -0.05) is 42.1 Å². The van der Waals surface area contributed by atoms with Crippen LogP contribution >= 0.6 is 11.8 Å². The number of morpholine rings is 1. The molecule has 3 N–H and O–H groups in total. The number of anilines is 2.